The average Bonchev–Trinajstić information content (AvgIpc) is 3.37. The molecule has 2 aromatic heterocycles. The topological polar surface area (TPSA) is 84.5 Å². The zero-order chi connectivity index (χ0) is 22.2. The van der Waals surface area contributed by atoms with Gasteiger partial charge in [0.1, 0.15) is 0 Å². The summed E-state index contributed by atoms with van der Waals surface area (Å²) in [5.41, 5.74) is 2.04. The van der Waals surface area contributed by atoms with Gasteiger partial charge in [0.05, 0.1) is 25.6 Å². The molecule has 0 unspecified atom stereocenters. The monoisotopic (exact) mass is 447 g/mol. The van der Waals surface area contributed by atoms with E-state index in [0.717, 1.165) is 16.0 Å². The van der Waals surface area contributed by atoms with Crippen LogP contribution < -0.4 is 15.0 Å². The Morgan fingerprint density at radius 2 is 1.84 bits per heavy atom. The number of hydrogen-bond acceptors (Lipinski definition) is 6. The first-order chi connectivity index (χ1) is 15.6. The summed E-state index contributed by atoms with van der Waals surface area (Å²) < 4.78 is 11.0. The number of carbonyl (C=O) groups excluding carboxylic acids is 1. The van der Waals surface area contributed by atoms with Gasteiger partial charge in [-0.3, -0.25) is 9.59 Å². The Kier molecular flexibility index (Phi) is 5.14. The van der Waals surface area contributed by atoms with E-state index in [9.17, 15) is 9.59 Å². The van der Waals surface area contributed by atoms with Crippen molar-refractivity contribution in [2.45, 2.75) is 12.5 Å². The number of amides is 1. The highest BCUT2D eigenvalue weighted by atomic mass is 32.1. The molecular formula is C24H21N3O4S. The summed E-state index contributed by atoms with van der Waals surface area (Å²) in [7, 11) is 3.22. The minimum Gasteiger partial charge on any atom is -0.493 e. The predicted octanol–water partition coefficient (Wildman–Crippen LogP) is 3.79. The van der Waals surface area contributed by atoms with Crippen molar-refractivity contribution in [3.05, 3.63) is 86.0 Å². The molecule has 8 heteroatoms. The molecule has 5 rings (SSSR count). The third-order valence-corrected chi connectivity index (χ3v) is 6.77. The third-order valence-electron chi connectivity index (χ3n) is 5.85. The smallest absolute Gasteiger partial charge is 0.275 e. The maximum absolute atomic E-state index is 13.8. The van der Waals surface area contributed by atoms with Gasteiger partial charge in [-0.1, -0.05) is 24.3 Å². The number of nitrogens with one attached hydrogen (secondary N) is 1. The van der Waals surface area contributed by atoms with Crippen LogP contribution in [0.25, 0.3) is 10.8 Å². The van der Waals surface area contributed by atoms with Crippen LogP contribution in [0.2, 0.25) is 0 Å². The summed E-state index contributed by atoms with van der Waals surface area (Å²) in [6.07, 6.45) is 0.671. The van der Waals surface area contributed by atoms with Crippen LogP contribution in [0.4, 0.5) is 0 Å². The second-order valence-corrected chi connectivity index (χ2v) is 8.50. The number of aromatic nitrogens is 2. The lowest BCUT2D eigenvalue weighted by atomic mass is 9.90. The molecule has 0 bridgehead atoms. The van der Waals surface area contributed by atoms with Gasteiger partial charge in [-0.15, -0.1) is 11.3 Å². The first-order valence-electron chi connectivity index (χ1n) is 10.2. The van der Waals surface area contributed by atoms with E-state index in [1.54, 1.807) is 49.8 Å². The summed E-state index contributed by atoms with van der Waals surface area (Å²) in [5, 5.41) is 9.62. The van der Waals surface area contributed by atoms with Crippen LogP contribution in [0.15, 0.2) is 58.7 Å². The van der Waals surface area contributed by atoms with Crippen molar-refractivity contribution >= 4 is 28.0 Å². The lowest BCUT2D eigenvalue weighted by molar-refractivity contribution is 0.0692. The van der Waals surface area contributed by atoms with E-state index in [1.807, 2.05) is 34.5 Å². The molecule has 2 aromatic carbocycles. The number of fused-ring (bicyclic) bond motifs is 2. The number of H-pyrrole nitrogens is 1. The minimum absolute atomic E-state index is 0.226. The average molecular weight is 448 g/mol. The minimum atomic E-state index is -0.312. The standard InChI is InChI=1S/C24H21N3O4S/c1-30-18-12-14-9-10-27(22(20-8-5-11-32-20)17(14)13-19(18)31-2)24(29)21-15-6-3-4-7-16(15)23(28)26-25-21/h3-8,11-13,22H,9-10H2,1-2H3,(H,26,28)/t22-/m1/s1. The SMILES string of the molecule is COc1cc2c(cc1OC)[C@H](c1cccs1)N(C(=O)c1n[nH]c(=O)c3ccccc13)CC2. The number of carbonyl (C=O) groups is 1. The van der Waals surface area contributed by atoms with E-state index < -0.39 is 0 Å². The molecule has 1 aliphatic heterocycles. The van der Waals surface area contributed by atoms with Crippen molar-refractivity contribution < 1.29 is 14.3 Å². The lowest BCUT2D eigenvalue weighted by Crippen LogP contribution is -2.41. The van der Waals surface area contributed by atoms with Gasteiger partial charge in [-0.25, -0.2) is 5.10 Å². The van der Waals surface area contributed by atoms with Gasteiger partial charge >= 0.3 is 0 Å². The fourth-order valence-electron chi connectivity index (χ4n) is 4.33. The zero-order valence-electron chi connectivity index (χ0n) is 17.6. The molecule has 1 aliphatic rings. The van der Waals surface area contributed by atoms with Crippen LogP contribution in [-0.4, -0.2) is 41.8 Å². The number of methoxy groups -OCH3 is 2. The highest BCUT2D eigenvalue weighted by molar-refractivity contribution is 7.10. The van der Waals surface area contributed by atoms with E-state index in [1.165, 1.54) is 0 Å². The highest BCUT2D eigenvalue weighted by Crippen LogP contribution is 2.42. The summed E-state index contributed by atoms with van der Waals surface area (Å²) in [5.74, 6) is 1.07. The van der Waals surface area contributed by atoms with Crippen molar-refractivity contribution in [1.29, 1.82) is 0 Å². The molecule has 0 radical (unpaired) electrons. The Morgan fingerprint density at radius 3 is 2.56 bits per heavy atom. The molecule has 162 valence electrons. The van der Waals surface area contributed by atoms with Crippen molar-refractivity contribution in [3.63, 3.8) is 0 Å². The Bertz CT molecular complexity index is 1360. The van der Waals surface area contributed by atoms with E-state index in [-0.39, 0.29) is 23.2 Å². The van der Waals surface area contributed by atoms with Crippen LogP contribution in [0.5, 0.6) is 11.5 Å². The number of hydrogen-bond donors (Lipinski definition) is 1. The molecule has 0 aliphatic carbocycles. The van der Waals surface area contributed by atoms with Crippen molar-refractivity contribution in [3.8, 4) is 11.5 Å². The molecule has 7 nitrogen and oxygen atoms in total. The lowest BCUT2D eigenvalue weighted by Gasteiger charge is -2.37. The Hall–Kier alpha value is -3.65. The Balaban J connectivity index is 1.66. The van der Waals surface area contributed by atoms with Crippen LogP contribution >= 0.6 is 11.3 Å². The van der Waals surface area contributed by atoms with E-state index >= 15 is 0 Å². The van der Waals surface area contributed by atoms with Crippen LogP contribution in [0, 0.1) is 0 Å². The maximum Gasteiger partial charge on any atom is 0.275 e. The van der Waals surface area contributed by atoms with Crippen LogP contribution in [0.3, 0.4) is 0 Å². The molecule has 0 saturated heterocycles. The number of benzene rings is 2. The molecule has 1 amide bonds. The maximum atomic E-state index is 13.8. The first-order valence-corrected chi connectivity index (χ1v) is 11.1. The van der Waals surface area contributed by atoms with Crippen molar-refractivity contribution in [2.24, 2.45) is 0 Å². The van der Waals surface area contributed by atoms with E-state index in [4.69, 9.17) is 9.47 Å². The molecule has 1 N–H and O–H groups in total. The molecule has 32 heavy (non-hydrogen) atoms. The number of thiophene rings is 1. The predicted molar refractivity (Wildman–Crippen MR) is 123 cm³/mol. The van der Waals surface area contributed by atoms with Gasteiger partial charge in [-0.2, -0.15) is 5.10 Å². The second-order valence-electron chi connectivity index (χ2n) is 7.52. The van der Waals surface area contributed by atoms with Gasteiger partial charge in [0.2, 0.25) is 0 Å². The molecule has 0 spiro atoms. The third kappa shape index (κ3) is 3.23. The number of ether oxygens (including phenoxy) is 2. The van der Waals surface area contributed by atoms with Crippen molar-refractivity contribution in [2.75, 3.05) is 20.8 Å². The number of aromatic amines is 1. The highest BCUT2D eigenvalue weighted by Gasteiger charge is 2.35. The summed E-state index contributed by atoms with van der Waals surface area (Å²) in [4.78, 5) is 28.9. The van der Waals surface area contributed by atoms with Gasteiger partial charge in [-0.05, 0) is 47.2 Å². The Morgan fingerprint density at radius 1 is 1.09 bits per heavy atom. The zero-order valence-corrected chi connectivity index (χ0v) is 18.4. The largest absolute Gasteiger partial charge is 0.493 e. The van der Waals surface area contributed by atoms with Gasteiger partial charge in [0, 0.05) is 16.8 Å². The second kappa shape index (κ2) is 8.12. The van der Waals surface area contributed by atoms with Gasteiger partial charge < -0.3 is 14.4 Å². The van der Waals surface area contributed by atoms with E-state index in [0.29, 0.717) is 35.2 Å². The molecule has 1 atom stereocenters. The molecule has 0 saturated carbocycles. The molecule has 0 fully saturated rings. The normalized spacial score (nSPS) is 15.4. The summed E-state index contributed by atoms with van der Waals surface area (Å²) >= 11 is 1.59. The van der Waals surface area contributed by atoms with Gasteiger partial charge in [0.25, 0.3) is 11.5 Å². The number of nitrogens with zero attached hydrogens (tertiary/aromatic N) is 2. The summed E-state index contributed by atoms with van der Waals surface area (Å²) in [6, 6.07) is 14.7. The van der Waals surface area contributed by atoms with E-state index in [2.05, 4.69) is 10.2 Å². The first kappa shape index (κ1) is 20.3. The molecule has 4 aromatic rings. The molecular weight excluding hydrogens is 426 g/mol. The number of rotatable bonds is 4. The van der Waals surface area contributed by atoms with Crippen LogP contribution in [-0.2, 0) is 6.42 Å². The fraction of sp³-hybridized carbons (Fsp3) is 0.208. The quantitative estimate of drug-likeness (QED) is 0.515. The fourth-order valence-corrected chi connectivity index (χ4v) is 5.19. The van der Waals surface area contributed by atoms with Crippen molar-refractivity contribution in [1.82, 2.24) is 15.1 Å². The Labute approximate surface area is 188 Å². The molecule has 3 heterocycles. The van der Waals surface area contributed by atoms with Crippen LogP contribution in [0.1, 0.15) is 32.5 Å². The summed E-state index contributed by atoms with van der Waals surface area (Å²) in [6.45, 7) is 0.513. The van der Waals surface area contributed by atoms with Gasteiger partial charge in [0.15, 0.2) is 17.2 Å².